The molecule has 2 nitrogen and oxygen atoms in total. The third kappa shape index (κ3) is 6.42. The van der Waals surface area contributed by atoms with Gasteiger partial charge < -0.3 is 10.5 Å². The highest BCUT2D eigenvalue weighted by molar-refractivity contribution is 4.62. The molecule has 0 saturated heterocycles. The maximum absolute atomic E-state index is 11.6. The molecule has 0 radical (unpaired) electrons. The van der Waals surface area contributed by atoms with Crippen LogP contribution in [0.25, 0.3) is 0 Å². The number of hydrogen-bond acceptors (Lipinski definition) is 2. The molecule has 5 heteroatoms. The molecule has 12 heavy (non-hydrogen) atoms. The fourth-order valence-corrected chi connectivity index (χ4v) is 0.512. The van der Waals surface area contributed by atoms with E-state index in [0.717, 1.165) is 0 Å². The largest absolute Gasteiger partial charge is 0.391 e. The van der Waals surface area contributed by atoms with Gasteiger partial charge in [0.25, 0.3) is 0 Å². The summed E-state index contributed by atoms with van der Waals surface area (Å²) in [5, 5.41) is 0. The fraction of sp³-hybridized carbons (Fsp3) is 1.00. The van der Waals surface area contributed by atoms with Crippen molar-refractivity contribution in [2.45, 2.75) is 38.6 Å². The standard InChI is InChI=1S/C7H14F3NO/c1-5(11)6(2)12-4-3-7(8,9)10/h5-6H,3-4,11H2,1-2H3/t5-,6?/m1/s1. The van der Waals surface area contributed by atoms with Gasteiger partial charge in [-0.3, -0.25) is 0 Å². The van der Waals surface area contributed by atoms with Gasteiger partial charge in [-0.2, -0.15) is 13.2 Å². The number of rotatable bonds is 4. The van der Waals surface area contributed by atoms with Crippen LogP contribution in [0.3, 0.4) is 0 Å². The van der Waals surface area contributed by atoms with Crippen LogP contribution in [0.2, 0.25) is 0 Å². The average Bonchev–Trinajstić information content (AvgIpc) is 1.84. The van der Waals surface area contributed by atoms with E-state index >= 15 is 0 Å². The molecule has 0 rings (SSSR count). The minimum Gasteiger partial charge on any atom is -0.377 e. The molecule has 0 amide bonds. The van der Waals surface area contributed by atoms with E-state index in [4.69, 9.17) is 10.5 Å². The second-order valence-corrected chi connectivity index (χ2v) is 2.80. The zero-order valence-electron chi connectivity index (χ0n) is 7.19. The first-order chi connectivity index (χ1) is 5.33. The first kappa shape index (κ1) is 11.7. The van der Waals surface area contributed by atoms with Gasteiger partial charge in [0.1, 0.15) is 0 Å². The number of ether oxygens (including phenoxy) is 1. The van der Waals surface area contributed by atoms with Crippen molar-refractivity contribution < 1.29 is 17.9 Å². The summed E-state index contributed by atoms with van der Waals surface area (Å²) in [6, 6.07) is -0.238. The summed E-state index contributed by atoms with van der Waals surface area (Å²) in [6.07, 6.45) is -5.38. The maximum atomic E-state index is 11.6. The van der Waals surface area contributed by atoms with Gasteiger partial charge in [0, 0.05) is 6.04 Å². The molecule has 1 unspecified atom stereocenters. The quantitative estimate of drug-likeness (QED) is 0.723. The molecule has 0 fully saturated rings. The first-order valence-corrected chi connectivity index (χ1v) is 3.77. The van der Waals surface area contributed by atoms with Crippen molar-refractivity contribution in [2.75, 3.05) is 6.61 Å². The van der Waals surface area contributed by atoms with Gasteiger partial charge in [-0.25, -0.2) is 0 Å². The lowest BCUT2D eigenvalue weighted by molar-refractivity contribution is -0.148. The zero-order valence-corrected chi connectivity index (χ0v) is 7.19. The molecular formula is C7H14F3NO. The maximum Gasteiger partial charge on any atom is 0.391 e. The van der Waals surface area contributed by atoms with Crippen molar-refractivity contribution in [1.82, 2.24) is 0 Å². The Morgan fingerprint density at radius 2 is 1.83 bits per heavy atom. The molecule has 0 aliphatic carbocycles. The first-order valence-electron chi connectivity index (χ1n) is 3.77. The fourth-order valence-electron chi connectivity index (χ4n) is 0.512. The Balaban J connectivity index is 3.44. The monoisotopic (exact) mass is 185 g/mol. The highest BCUT2D eigenvalue weighted by atomic mass is 19.4. The molecule has 0 aliphatic rings. The van der Waals surface area contributed by atoms with Gasteiger partial charge in [0.15, 0.2) is 0 Å². The summed E-state index contributed by atoms with van der Waals surface area (Å²) in [7, 11) is 0. The Kier molecular flexibility index (Phi) is 4.55. The molecule has 0 aromatic heterocycles. The Hall–Kier alpha value is -0.290. The highest BCUT2D eigenvalue weighted by Gasteiger charge is 2.27. The molecule has 0 heterocycles. The predicted molar refractivity (Wildman–Crippen MR) is 39.7 cm³/mol. The Labute approximate surface area is 69.9 Å². The van der Waals surface area contributed by atoms with Crippen molar-refractivity contribution in [1.29, 1.82) is 0 Å². The molecule has 0 saturated carbocycles. The minimum absolute atomic E-state index is 0.238. The van der Waals surface area contributed by atoms with Gasteiger partial charge in [-0.1, -0.05) is 0 Å². The van der Waals surface area contributed by atoms with Gasteiger partial charge in [-0.05, 0) is 13.8 Å². The number of alkyl halides is 3. The summed E-state index contributed by atoms with van der Waals surface area (Å²) >= 11 is 0. The van der Waals surface area contributed by atoms with Crippen LogP contribution in [0.5, 0.6) is 0 Å². The molecule has 0 spiro atoms. The van der Waals surface area contributed by atoms with Crippen molar-refractivity contribution in [3.05, 3.63) is 0 Å². The minimum atomic E-state index is -4.14. The molecule has 0 aromatic rings. The van der Waals surface area contributed by atoms with Crippen LogP contribution in [-0.2, 0) is 4.74 Å². The van der Waals surface area contributed by atoms with Crippen LogP contribution < -0.4 is 5.73 Å². The molecule has 2 N–H and O–H groups in total. The predicted octanol–water partition coefficient (Wildman–Crippen LogP) is 1.69. The topological polar surface area (TPSA) is 35.2 Å². The second kappa shape index (κ2) is 4.67. The van der Waals surface area contributed by atoms with Crippen molar-refractivity contribution in [2.24, 2.45) is 5.73 Å². The van der Waals surface area contributed by atoms with Crippen molar-refractivity contribution in [3.63, 3.8) is 0 Å². The summed E-state index contributed by atoms with van der Waals surface area (Å²) in [4.78, 5) is 0. The van der Waals surface area contributed by atoms with E-state index in [2.05, 4.69) is 0 Å². The number of hydrogen-bond donors (Lipinski definition) is 1. The molecular weight excluding hydrogens is 171 g/mol. The highest BCUT2D eigenvalue weighted by Crippen LogP contribution is 2.19. The van der Waals surface area contributed by atoms with Crippen LogP contribution in [-0.4, -0.2) is 24.9 Å². The van der Waals surface area contributed by atoms with Crippen LogP contribution >= 0.6 is 0 Å². The molecule has 74 valence electrons. The van der Waals surface area contributed by atoms with E-state index in [0.29, 0.717) is 0 Å². The molecule has 0 aromatic carbocycles. The lowest BCUT2D eigenvalue weighted by Crippen LogP contribution is -2.32. The summed E-state index contributed by atoms with van der Waals surface area (Å²) in [5.41, 5.74) is 5.38. The zero-order chi connectivity index (χ0) is 9.78. The third-order valence-corrected chi connectivity index (χ3v) is 1.51. The molecule has 0 bridgehead atoms. The van der Waals surface area contributed by atoms with Gasteiger partial charge in [0.05, 0.1) is 19.1 Å². The van der Waals surface area contributed by atoms with E-state index in [1.165, 1.54) is 0 Å². The van der Waals surface area contributed by atoms with Crippen LogP contribution in [0.1, 0.15) is 20.3 Å². The molecule has 2 atom stereocenters. The average molecular weight is 185 g/mol. The van der Waals surface area contributed by atoms with E-state index in [9.17, 15) is 13.2 Å². The Morgan fingerprint density at radius 3 is 2.17 bits per heavy atom. The summed E-state index contributed by atoms with van der Waals surface area (Å²) in [6.45, 7) is 3.03. The smallest absolute Gasteiger partial charge is 0.377 e. The van der Waals surface area contributed by atoms with Gasteiger partial charge >= 0.3 is 6.18 Å². The van der Waals surface area contributed by atoms with Crippen LogP contribution in [0.15, 0.2) is 0 Å². The second-order valence-electron chi connectivity index (χ2n) is 2.80. The van der Waals surface area contributed by atoms with E-state index in [-0.39, 0.29) is 18.8 Å². The lowest BCUT2D eigenvalue weighted by Gasteiger charge is -2.16. The third-order valence-electron chi connectivity index (χ3n) is 1.51. The van der Waals surface area contributed by atoms with Crippen LogP contribution in [0.4, 0.5) is 13.2 Å². The Bertz CT molecular complexity index is 124. The van der Waals surface area contributed by atoms with Crippen molar-refractivity contribution >= 4 is 0 Å². The number of nitrogens with two attached hydrogens (primary N) is 1. The van der Waals surface area contributed by atoms with Crippen molar-refractivity contribution in [3.8, 4) is 0 Å². The van der Waals surface area contributed by atoms with Gasteiger partial charge in [-0.15, -0.1) is 0 Å². The van der Waals surface area contributed by atoms with E-state index in [1.54, 1.807) is 13.8 Å². The van der Waals surface area contributed by atoms with E-state index < -0.39 is 12.6 Å². The van der Waals surface area contributed by atoms with E-state index in [1.807, 2.05) is 0 Å². The number of halogens is 3. The lowest BCUT2D eigenvalue weighted by atomic mass is 10.2. The summed E-state index contributed by atoms with van der Waals surface area (Å²) < 4.78 is 39.6. The van der Waals surface area contributed by atoms with Gasteiger partial charge in [0.2, 0.25) is 0 Å². The van der Waals surface area contributed by atoms with Crippen LogP contribution in [0, 0.1) is 0 Å². The Morgan fingerprint density at radius 1 is 1.33 bits per heavy atom. The SMILES string of the molecule is CC(OCCC(F)(F)F)[C@@H](C)N. The molecule has 0 aliphatic heterocycles. The normalized spacial score (nSPS) is 17.5. The summed E-state index contributed by atoms with van der Waals surface area (Å²) in [5.74, 6) is 0.